The topological polar surface area (TPSA) is 52.6 Å². The first kappa shape index (κ1) is 29.6. The Kier molecular flexibility index (Phi) is 9.28. The third-order valence-corrected chi connectivity index (χ3v) is 82.3. The van der Waals surface area contributed by atoms with Gasteiger partial charge in [-0.2, -0.15) is 0 Å². The minimum Gasteiger partial charge on any atom is -0.468 e. The molecule has 0 saturated heterocycles. The molecule has 0 aromatic rings. The monoisotopic (exact) mass is 514 g/mol. The number of allylic oxidation sites excluding steroid dienone is 2. The van der Waals surface area contributed by atoms with E-state index in [1.54, 1.807) is 0 Å². The van der Waals surface area contributed by atoms with Crippen LogP contribution in [0.15, 0.2) is 12.2 Å². The summed E-state index contributed by atoms with van der Waals surface area (Å²) in [7, 11) is -1.27. The van der Waals surface area contributed by atoms with Crippen molar-refractivity contribution in [2.24, 2.45) is 23.2 Å². The predicted molar refractivity (Wildman–Crippen MR) is 147 cm³/mol. The van der Waals surface area contributed by atoms with E-state index in [0.717, 1.165) is 0 Å². The van der Waals surface area contributed by atoms with E-state index in [0.29, 0.717) is 18.8 Å². The number of rotatable bonds is 9. The molecule has 1 aliphatic rings. The van der Waals surface area contributed by atoms with Crippen LogP contribution in [0.4, 0.5) is 0 Å². The van der Waals surface area contributed by atoms with Gasteiger partial charge >= 0.3 is 11.9 Å². The largest absolute Gasteiger partial charge is 0.468 e. The first-order valence-corrected chi connectivity index (χ1v) is 27.9. The van der Waals surface area contributed by atoms with Crippen LogP contribution < -0.4 is 0 Å². The van der Waals surface area contributed by atoms with E-state index in [2.05, 4.69) is 84.9 Å². The quantitative estimate of drug-likeness (QED) is 0.158. The number of hydrogen-bond donors (Lipinski definition) is 0. The second-order valence-electron chi connectivity index (χ2n) is 13.3. The molecule has 1 fully saturated rings. The first-order chi connectivity index (χ1) is 14.3. The van der Waals surface area contributed by atoms with Gasteiger partial charge < -0.3 is 9.47 Å². The Bertz CT molecular complexity index is 659. The second-order valence-corrected chi connectivity index (χ2v) is 54.7. The summed E-state index contributed by atoms with van der Waals surface area (Å²) in [5, 5.41) is 0. The Morgan fingerprint density at radius 3 is 1.56 bits per heavy atom. The lowest BCUT2D eigenvalue weighted by molar-refractivity contribution is -0.169. The highest BCUT2D eigenvalue weighted by atomic mass is 29.9. The van der Waals surface area contributed by atoms with Gasteiger partial charge in [0.15, 0.2) is 5.41 Å². The predicted octanol–water partition coefficient (Wildman–Crippen LogP) is 6.26. The van der Waals surface area contributed by atoms with Crippen LogP contribution in [0, 0.1) is 23.2 Å². The van der Waals surface area contributed by atoms with Crippen LogP contribution >= 0.6 is 0 Å². The van der Waals surface area contributed by atoms with Crippen molar-refractivity contribution in [1.82, 2.24) is 0 Å². The van der Waals surface area contributed by atoms with E-state index in [1.807, 2.05) is 0 Å². The smallest absolute Gasteiger partial charge is 0.323 e. The van der Waals surface area contributed by atoms with Crippen molar-refractivity contribution >= 4 is 41.3 Å². The maximum atomic E-state index is 12.8. The number of carbonyl (C=O) groups excluding carboxylic acids is 2. The van der Waals surface area contributed by atoms with Crippen molar-refractivity contribution < 1.29 is 19.1 Å². The third kappa shape index (κ3) is 5.28. The highest BCUT2D eigenvalue weighted by Crippen LogP contribution is 2.51. The number of methoxy groups -OCH3 is 2. The van der Waals surface area contributed by atoms with Crippen molar-refractivity contribution in [1.29, 1.82) is 0 Å². The molecule has 2 atom stereocenters. The van der Waals surface area contributed by atoms with Gasteiger partial charge in [-0.25, -0.2) is 0 Å². The van der Waals surface area contributed by atoms with Crippen LogP contribution in [0.5, 0.6) is 0 Å². The second kappa shape index (κ2) is 10.0. The molecule has 186 valence electrons. The van der Waals surface area contributed by atoms with E-state index in [4.69, 9.17) is 9.47 Å². The van der Waals surface area contributed by atoms with Crippen LogP contribution in [-0.4, -0.2) is 55.6 Å². The molecule has 32 heavy (non-hydrogen) atoms. The van der Waals surface area contributed by atoms with Gasteiger partial charge in [-0.05, 0) is 36.6 Å². The summed E-state index contributed by atoms with van der Waals surface area (Å²) in [5.74, 6) is -0.0355. The van der Waals surface area contributed by atoms with Crippen LogP contribution in [-0.2, 0) is 19.1 Å². The van der Waals surface area contributed by atoms with Gasteiger partial charge in [0.1, 0.15) is 0 Å². The number of carbonyl (C=O) groups is 2. The van der Waals surface area contributed by atoms with E-state index < -0.39 is 46.8 Å². The van der Waals surface area contributed by atoms with E-state index in [9.17, 15) is 9.59 Å². The van der Waals surface area contributed by atoms with E-state index in [-0.39, 0.29) is 11.8 Å². The maximum Gasteiger partial charge on any atom is 0.323 e. The molecule has 0 aromatic heterocycles. The Labute approximate surface area is 201 Å². The lowest BCUT2D eigenvalue weighted by Gasteiger charge is -2.57. The highest BCUT2D eigenvalue weighted by molar-refractivity contribution is 7.89. The Hall–Kier alpha value is -0.452. The molecule has 8 heteroatoms. The summed E-state index contributed by atoms with van der Waals surface area (Å²) >= 11 is 0. The standard InChI is InChI=1S/C24H50O4Si4/c1-19(2)21-18-24(22(25)27-3,23(26)28-4)17-20(21)15-14-16-32(29(5,6)7,30(8,9)10)31(11,12)13/h14-15,19-21H,16-18H2,1-13H3/b15-14+. The maximum absolute atomic E-state index is 12.8. The molecule has 2 unspecified atom stereocenters. The molecule has 1 saturated carbocycles. The molecule has 0 N–H and O–H groups in total. The van der Waals surface area contributed by atoms with Gasteiger partial charge in [0.2, 0.25) is 0 Å². The Morgan fingerprint density at radius 1 is 0.844 bits per heavy atom. The van der Waals surface area contributed by atoms with Gasteiger partial charge in [-0.3, -0.25) is 9.59 Å². The molecule has 0 amide bonds. The summed E-state index contributed by atoms with van der Waals surface area (Å²) in [6, 6.07) is 1.26. The zero-order chi connectivity index (χ0) is 25.3. The summed E-state index contributed by atoms with van der Waals surface area (Å²) in [6.45, 7) is 26.5. The highest BCUT2D eigenvalue weighted by Gasteiger charge is 2.61. The molecular formula is C24H50O4Si4. The summed E-state index contributed by atoms with van der Waals surface area (Å²) < 4.78 is 10.2. The van der Waals surface area contributed by atoms with Crippen molar-refractivity contribution in [3.05, 3.63) is 12.2 Å². The number of ether oxygens (including phenoxy) is 2. The molecule has 1 rings (SSSR count). The molecule has 0 aliphatic heterocycles. The zero-order valence-electron chi connectivity index (χ0n) is 23.1. The molecule has 0 radical (unpaired) electrons. The van der Waals surface area contributed by atoms with Gasteiger partial charge in [0.25, 0.3) is 0 Å². The minimum absolute atomic E-state index is 0.199. The fraction of sp³-hybridized carbons (Fsp3) is 0.833. The Morgan fingerprint density at radius 2 is 1.25 bits per heavy atom. The zero-order valence-corrected chi connectivity index (χ0v) is 27.1. The van der Waals surface area contributed by atoms with Crippen LogP contribution in [0.2, 0.25) is 65.0 Å². The van der Waals surface area contributed by atoms with Crippen molar-refractivity contribution in [3.63, 3.8) is 0 Å². The normalized spacial score (nSPS) is 22.4. The molecule has 1 aliphatic carbocycles. The van der Waals surface area contributed by atoms with E-state index in [1.165, 1.54) is 20.3 Å². The summed E-state index contributed by atoms with van der Waals surface area (Å²) in [4.78, 5) is 25.5. The molecular weight excluding hydrogens is 465 g/mol. The first-order valence-electron chi connectivity index (χ1n) is 12.2. The van der Waals surface area contributed by atoms with Gasteiger partial charge in [0.05, 0.1) is 14.2 Å². The SMILES string of the molecule is COC(=O)C1(C(=O)OC)CC(/C=C/C[Si]([Si](C)(C)C)([Si](C)(C)C)[Si](C)(C)C)C(C(C)C)C1. The lowest BCUT2D eigenvalue weighted by atomic mass is 9.83. The minimum atomic E-state index is -1.47. The van der Waals surface area contributed by atoms with Gasteiger partial charge in [0, 0.05) is 29.4 Å². The Balaban J connectivity index is 3.42. The molecule has 0 aromatic carbocycles. The van der Waals surface area contributed by atoms with Crippen LogP contribution in [0.1, 0.15) is 26.7 Å². The number of hydrogen-bond acceptors (Lipinski definition) is 4. The molecule has 0 bridgehead atoms. The van der Waals surface area contributed by atoms with Gasteiger partial charge in [-0.15, -0.1) is 0 Å². The lowest BCUT2D eigenvalue weighted by Crippen LogP contribution is -2.82. The molecule has 0 heterocycles. The average molecular weight is 515 g/mol. The summed E-state index contributed by atoms with van der Waals surface area (Å²) in [5.41, 5.74) is -1.17. The van der Waals surface area contributed by atoms with Gasteiger partial charge in [-0.1, -0.05) is 84.9 Å². The van der Waals surface area contributed by atoms with Crippen LogP contribution in [0.3, 0.4) is 0 Å². The fourth-order valence-electron chi connectivity index (χ4n) is 7.65. The number of esters is 2. The van der Waals surface area contributed by atoms with Crippen molar-refractivity contribution in [2.45, 2.75) is 91.7 Å². The fourth-order valence-corrected chi connectivity index (χ4v) is 104. The van der Waals surface area contributed by atoms with Crippen molar-refractivity contribution in [2.75, 3.05) is 14.2 Å². The molecule has 0 spiro atoms. The average Bonchev–Trinajstić information content (AvgIpc) is 3.01. The molecule has 4 nitrogen and oxygen atoms in total. The van der Waals surface area contributed by atoms with Crippen LogP contribution in [0.25, 0.3) is 0 Å². The third-order valence-electron chi connectivity index (χ3n) is 8.38. The summed E-state index contributed by atoms with van der Waals surface area (Å²) in [6.07, 6.45) is 5.87. The van der Waals surface area contributed by atoms with E-state index >= 15 is 0 Å². The van der Waals surface area contributed by atoms with Crippen molar-refractivity contribution in [3.8, 4) is 0 Å².